The predicted molar refractivity (Wildman–Crippen MR) is 128 cm³/mol. The lowest BCUT2D eigenvalue weighted by atomic mass is 9.85. The van der Waals surface area contributed by atoms with Crippen molar-refractivity contribution in [3.05, 3.63) is 59.7 Å². The minimum absolute atomic E-state index is 0.0662. The first-order chi connectivity index (χ1) is 16.4. The van der Waals surface area contributed by atoms with Gasteiger partial charge >= 0.3 is 0 Å². The zero-order chi connectivity index (χ0) is 23.1. The van der Waals surface area contributed by atoms with E-state index in [1.54, 1.807) is 0 Å². The Bertz CT molecular complexity index is 1810. The molecule has 3 aliphatic heterocycles. The molecule has 8 heteroatoms. The maximum atomic E-state index is 13.2. The van der Waals surface area contributed by atoms with E-state index in [9.17, 15) is 9.59 Å². The van der Waals surface area contributed by atoms with Gasteiger partial charge < -0.3 is 30.7 Å². The SMILES string of the molecule is CC12OC(C[C@]1(N)C(N)=O)n1c3ccccc3c3c4c(c5c6ccccc6n2c5c31)CNC4=O. The molecule has 2 aromatic heterocycles. The Morgan fingerprint density at radius 2 is 1.74 bits per heavy atom. The number of carbonyl (C=O) groups excluding carboxylic acids is 2. The standard InChI is InChI=1S/C26H21N5O3/c1-25-26(28,24(27)33)10-17(34-25)30-15-8-4-2-6-12(15)19-20-14(11-29-23(20)32)18-13-7-3-5-9-16(13)31(25)22(18)21(19)30/h2-9,17H,10-11,28H2,1H3,(H2,27,33)(H,29,32)/t17?,25?,26-/m0/s1. The Labute approximate surface area is 193 Å². The van der Waals surface area contributed by atoms with Crippen LogP contribution in [-0.4, -0.2) is 26.5 Å². The first-order valence-corrected chi connectivity index (χ1v) is 11.4. The van der Waals surface area contributed by atoms with E-state index in [0.717, 1.165) is 54.7 Å². The third-order valence-electron chi connectivity index (χ3n) is 8.36. The summed E-state index contributed by atoms with van der Waals surface area (Å²) >= 11 is 0. The van der Waals surface area contributed by atoms with E-state index in [0.29, 0.717) is 6.54 Å². The molecule has 3 atom stereocenters. The van der Waals surface area contributed by atoms with Crippen LogP contribution in [0.5, 0.6) is 0 Å². The number of nitrogens with zero attached hydrogens (tertiary/aromatic N) is 2. The molecular weight excluding hydrogens is 430 g/mol. The average Bonchev–Trinajstić information content (AvgIpc) is 3.51. The molecule has 3 aliphatic rings. The minimum Gasteiger partial charge on any atom is -0.368 e. The molecule has 5 heterocycles. The lowest BCUT2D eigenvalue weighted by Gasteiger charge is -2.38. The van der Waals surface area contributed by atoms with E-state index >= 15 is 0 Å². The van der Waals surface area contributed by atoms with E-state index < -0.39 is 23.4 Å². The molecule has 2 unspecified atom stereocenters. The molecule has 3 aromatic carbocycles. The topological polar surface area (TPSA) is 117 Å². The number of ether oxygens (including phenoxy) is 1. The van der Waals surface area contributed by atoms with Crippen LogP contribution in [0.3, 0.4) is 0 Å². The van der Waals surface area contributed by atoms with Crippen molar-refractivity contribution in [2.24, 2.45) is 11.5 Å². The number of amides is 2. The van der Waals surface area contributed by atoms with E-state index in [4.69, 9.17) is 16.2 Å². The molecule has 0 aliphatic carbocycles. The maximum Gasteiger partial charge on any atom is 0.252 e. The zero-order valence-electron chi connectivity index (χ0n) is 18.4. The fraction of sp³-hybridized carbons (Fsp3) is 0.231. The highest BCUT2D eigenvalue weighted by Crippen LogP contribution is 2.56. The molecule has 2 amide bonds. The van der Waals surface area contributed by atoms with Crippen molar-refractivity contribution < 1.29 is 14.3 Å². The highest BCUT2D eigenvalue weighted by molar-refractivity contribution is 6.31. The van der Waals surface area contributed by atoms with Crippen LogP contribution < -0.4 is 16.8 Å². The highest BCUT2D eigenvalue weighted by Gasteiger charge is 2.62. The van der Waals surface area contributed by atoms with E-state index in [1.165, 1.54) is 0 Å². The molecule has 0 spiro atoms. The van der Waals surface area contributed by atoms with E-state index in [1.807, 2.05) is 49.4 Å². The van der Waals surface area contributed by atoms with E-state index in [2.05, 4.69) is 20.5 Å². The van der Waals surface area contributed by atoms with Crippen LogP contribution >= 0.6 is 0 Å². The van der Waals surface area contributed by atoms with Crippen molar-refractivity contribution in [2.75, 3.05) is 0 Å². The Balaban J connectivity index is 1.77. The molecule has 5 N–H and O–H groups in total. The number of para-hydroxylation sites is 2. The molecule has 8 rings (SSSR count). The van der Waals surface area contributed by atoms with Gasteiger partial charge in [-0.15, -0.1) is 0 Å². The molecule has 1 fully saturated rings. The van der Waals surface area contributed by atoms with Gasteiger partial charge in [0.15, 0.2) is 5.72 Å². The summed E-state index contributed by atoms with van der Waals surface area (Å²) in [6.45, 7) is 2.31. The number of hydrogen-bond donors (Lipinski definition) is 3. The van der Waals surface area contributed by atoms with Crippen molar-refractivity contribution in [1.82, 2.24) is 14.5 Å². The second-order valence-electron chi connectivity index (χ2n) is 9.82. The van der Waals surface area contributed by atoms with Crippen LogP contribution in [-0.2, 0) is 21.8 Å². The molecule has 0 radical (unpaired) electrons. The third-order valence-corrected chi connectivity index (χ3v) is 8.36. The summed E-state index contributed by atoms with van der Waals surface area (Å²) in [4.78, 5) is 26.1. The molecule has 2 bridgehead atoms. The molecule has 168 valence electrons. The molecule has 8 nitrogen and oxygen atoms in total. The Hall–Kier alpha value is -3.88. The van der Waals surface area contributed by atoms with Gasteiger partial charge in [-0.25, -0.2) is 0 Å². The predicted octanol–water partition coefficient (Wildman–Crippen LogP) is 2.93. The largest absolute Gasteiger partial charge is 0.368 e. The summed E-state index contributed by atoms with van der Waals surface area (Å²) in [6, 6.07) is 16.0. The summed E-state index contributed by atoms with van der Waals surface area (Å²) in [6.07, 6.45) is -0.294. The van der Waals surface area contributed by atoms with Crippen LogP contribution in [0, 0.1) is 0 Å². The number of carbonyl (C=O) groups is 2. The van der Waals surface area contributed by atoms with Crippen molar-refractivity contribution in [2.45, 2.75) is 37.4 Å². The Morgan fingerprint density at radius 1 is 1.06 bits per heavy atom. The number of benzene rings is 3. The van der Waals surface area contributed by atoms with Crippen LogP contribution in [0.2, 0.25) is 0 Å². The fourth-order valence-corrected chi connectivity index (χ4v) is 6.82. The van der Waals surface area contributed by atoms with Gasteiger partial charge in [0.2, 0.25) is 5.91 Å². The van der Waals surface area contributed by atoms with E-state index in [-0.39, 0.29) is 12.3 Å². The monoisotopic (exact) mass is 451 g/mol. The fourth-order valence-electron chi connectivity index (χ4n) is 6.82. The number of rotatable bonds is 1. The molecule has 34 heavy (non-hydrogen) atoms. The number of nitrogens with two attached hydrogens (primary N) is 2. The quantitative estimate of drug-likeness (QED) is 0.363. The third kappa shape index (κ3) is 1.71. The highest BCUT2D eigenvalue weighted by atomic mass is 16.5. The average molecular weight is 451 g/mol. The number of aromatic nitrogens is 2. The van der Waals surface area contributed by atoms with Crippen LogP contribution in [0.25, 0.3) is 43.6 Å². The summed E-state index contributed by atoms with van der Waals surface area (Å²) in [5, 5.41) is 6.92. The van der Waals surface area contributed by atoms with Crippen LogP contribution in [0.4, 0.5) is 0 Å². The smallest absolute Gasteiger partial charge is 0.252 e. The molecule has 0 saturated carbocycles. The summed E-state index contributed by atoms with van der Waals surface area (Å²) in [5.74, 6) is -0.666. The van der Waals surface area contributed by atoms with Crippen molar-refractivity contribution in [3.8, 4) is 0 Å². The maximum absolute atomic E-state index is 13.2. The first kappa shape index (κ1) is 18.5. The first-order valence-electron chi connectivity index (χ1n) is 11.4. The van der Waals surface area contributed by atoms with Gasteiger partial charge in [0.25, 0.3) is 5.91 Å². The molecule has 1 saturated heterocycles. The second kappa shape index (κ2) is 5.43. The lowest BCUT2D eigenvalue weighted by molar-refractivity contribution is -0.145. The van der Waals surface area contributed by atoms with Crippen LogP contribution in [0.15, 0.2) is 48.5 Å². The van der Waals surface area contributed by atoms with Gasteiger partial charge in [0.1, 0.15) is 11.8 Å². The Morgan fingerprint density at radius 3 is 2.47 bits per heavy atom. The minimum atomic E-state index is -1.44. The Kier molecular flexibility index (Phi) is 2.96. The van der Waals surface area contributed by atoms with Gasteiger partial charge in [0, 0.05) is 34.5 Å². The van der Waals surface area contributed by atoms with Crippen molar-refractivity contribution in [1.29, 1.82) is 0 Å². The number of nitrogens with one attached hydrogen (secondary N) is 1. The summed E-state index contributed by atoms with van der Waals surface area (Å²) in [5.41, 5.74) is 15.5. The second-order valence-corrected chi connectivity index (χ2v) is 9.82. The van der Waals surface area contributed by atoms with Crippen molar-refractivity contribution in [3.63, 3.8) is 0 Å². The summed E-state index contributed by atoms with van der Waals surface area (Å²) in [7, 11) is 0. The number of fused-ring (bicyclic) bond motifs is 13. The van der Waals surface area contributed by atoms with Crippen LogP contribution in [0.1, 0.15) is 35.5 Å². The van der Waals surface area contributed by atoms with Gasteiger partial charge in [0.05, 0.1) is 27.6 Å². The van der Waals surface area contributed by atoms with Gasteiger partial charge in [-0.05, 0) is 24.6 Å². The number of hydrogen-bond acceptors (Lipinski definition) is 4. The number of primary amides is 1. The van der Waals surface area contributed by atoms with Gasteiger partial charge in [-0.2, -0.15) is 0 Å². The molecular formula is C26H21N5O3. The summed E-state index contributed by atoms with van der Waals surface area (Å²) < 4.78 is 10.9. The normalized spacial score (nSPS) is 27.2. The lowest BCUT2D eigenvalue weighted by Crippen LogP contribution is -2.64. The zero-order valence-corrected chi connectivity index (χ0v) is 18.4. The van der Waals surface area contributed by atoms with Gasteiger partial charge in [-0.3, -0.25) is 9.59 Å². The van der Waals surface area contributed by atoms with Gasteiger partial charge in [-0.1, -0.05) is 36.4 Å². The van der Waals surface area contributed by atoms with Crippen molar-refractivity contribution >= 4 is 55.4 Å². The molecule has 5 aromatic rings.